The van der Waals surface area contributed by atoms with E-state index < -0.39 is 5.97 Å². The van der Waals surface area contributed by atoms with Crippen LogP contribution in [0.25, 0.3) is 0 Å². The molecule has 184 valence electrons. The number of methoxy groups -OCH3 is 1. The van der Waals surface area contributed by atoms with Gasteiger partial charge < -0.3 is 15.4 Å². The lowest BCUT2D eigenvalue weighted by atomic mass is 9.53. The molecule has 0 saturated heterocycles. The molecule has 4 aliphatic carbocycles. The van der Waals surface area contributed by atoms with Gasteiger partial charge in [-0.15, -0.1) is 11.8 Å². The molecule has 4 saturated carbocycles. The Morgan fingerprint density at radius 1 is 1.00 bits per heavy atom. The minimum atomic E-state index is -0.457. The Morgan fingerprint density at radius 3 is 2.31 bits per heavy atom. The lowest BCUT2D eigenvalue weighted by Gasteiger charge is -2.56. The van der Waals surface area contributed by atoms with E-state index in [0.717, 1.165) is 47.5 Å². The molecule has 0 spiro atoms. The summed E-state index contributed by atoms with van der Waals surface area (Å²) in [5, 5.41) is 6.33. The van der Waals surface area contributed by atoms with Gasteiger partial charge >= 0.3 is 5.97 Å². The number of ether oxygens (including phenoxy) is 1. The van der Waals surface area contributed by atoms with E-state index in [2.05, 4.69) is 10.6 Å². The number of nitrogens with one attached hydrogen (secondary N) is 2. The zero-order chi connectivity index (χ0) is 24.6. The molecule has 7 heteroatoms. The van der Waals surface area contributed by atoms with Crippen LogP contribution in [0.3, 0.4) is 0 Å². The van der Waals surface area contributed by atoms with Crippen molar-refractivity contribution >= 4 is 35.2 Å². The number of carbonyl (C=O) groups is 3. The average molecular weight is 493 g/mol. The second-order valence-electron chi connectivity index (χ2n) is 10.5. The van der Waals surface area contributed by atoms with Gasteiger partial charge in [0.25, 0.3) is 5.91 Å². The summed E-state index contributed by atoms with van der Waals surface area (Å²) in [4.78, 5) is 38.8. The minimum Gasteiger partial charge on any atom is -0.465 e. The first-order valence-corrected chi connectivity index (χ1v) is 13.4. The monoisotopic (exact) mass is 492 g/mol. The summed E-state index contributed by atoms with van der Waals surface area (Å²) in [6.45, 7) is 1.87. The van der Waals surface area contributed by atoms with Gasteiger partial charge in [-0.3, -0.25) is 9.59 Å². The Labute approximate surface area is 210 Å². The van der Waals surface area contributed by atoms with Crippen LogP contribution in [0.2, 0.25) is 0 Å². The predicted octanol–water partition coefficient (Wildman–Crippen LogP) is 5.21. The summed E-state index contributed by atoms with van der Waals surface area (Å²) >= 11 is 1.39. The number of rotatable bonds is 7. The van der Waals surface area contributed by atoms with Crippen molar-refractivity contribution in [3.05, 3.63) is 59.2 Å². The largest absolute Gasteiger partial charge is 0.465 e. The highest BCUT2D eigenvalue weighted by molar-refractivity contribution is 8.00. The maximum Gasteiger partial charge on any atom is 0.337 e. The highest BCUT2D eigenvalue weighted by Gasteiger charge is 2.51. The van der Waals surface area contributed by atoms with Crippen molar-refractivity contribution in [1.29, 1.82) is 0 Å². The van der Waals surface area contributed by atoms with E-state index in [-0.39, 0.29) is 23.1 Å². The molecule has 6 nitrogen and oxygen atoms in total. The molecular formula is C28H32N2O4S. The Hall–Kier alpha value is -2.80. The summed E-state index contributed by atoms with van der Waals surface area (Å²) in [6.07, 6.45) is 7.40. The van der Waals surface area contributed by atoms with E-state index in [0.29, 0.717) is 16.8 Å². The van der Waals surface area contributed by atoms with E-state index in [9.17, 15) is 14.4 Å². The molecule has 0 aromatic heterocycles. The summed E-state index contributed by atoms with van der Waals surface area (Å²) in [6, 6.07) is 12.4. The van der Waals surface area contributed by atoms with Gasteiger partial charge in [0.1, 0.15) is 0 Å². The number of hydrogen-bond acceptors (Lipinski definition) is 5. The summed E-state index contributed by atoms with van der Waals surface area (Å²) in [5.41, 5.74) is 2.26. The van der Waals surface area contributed by atoms with Crippen LogP contribution in [0, 0.1) is 24.7 Å². The lowest BCUT2D eigenvalue weighted by Crippen LogP contribution is -2.60. The Bertz CT molecular complexity index is 1130. The van der Waals surface area contributed by atoms with Crippen molar-refractivity contribution in [2.24, 2.45) is 17.8 Å². The van der Waals surface area contributed by atoms with Crippen LogP contribution in [0.15, 0.2) is 47.4 Å². The second-order valence-corrected chi connectivity index (χ2v) is 11.5. The van der Waals surface area contributed by atoms with E-state index in [1.54, 1.807) is 24.3 Å². The number of aryl methyl sites for hydroxylation is 1. The van der Waals surface area contributed by atoms with Crippen LogP contribution < -0.4 is 10.6 Å². The maximum absolute atomic E-state index is 13.1. The Morgan fingerprint density at radius 2 is 1.66 bits per heavy atom. The summed E-state index contributed by atoms with van der Waals surface area (Å²) in [7, 11) is 1.33. The number of carbonyl (C=O) groups excluding carboxylic acids is 3. The molecule has 0 radical (unpaired) electrons. The molecular weight excluding hydrogens is 460 g/mol. The maximum atomic E-state index is 13.1. The fourth-order valence-corrected chi connectivity index (χ4v) is 7.56. The molecule has 4 fully saturated rings. The van der Waals surface area contributed by atoms with Gasteiger partial charge in [0.15, 0.2) is 0 Å². The number of thioether (sulfide) groups is 1. The van der Waals surface area contributed by atoms with Crippen LogP contribution in [0.4, 0.5) is 5.69 Å². The number of esters is 1. The fraction of sp³-hybridized carbons (Fsp3) is 0.464. The minimum absolute atomic E-state index is 0.00846. The normalized spacial score (nSPS) is 26.3. The number of benzene rings is 2. The molecule has 0 unspecified atom stereocenters. The number of anilines is 1. The zero-order valence-corrected chi connectivity index (χ0v) is 21.1. The first kappa shape index (κ1) is 23.9. The molecule has 35 heavy (non-hydrogen) atoms. The third-order valence-electron chi connectivity index (χ3n) is 7.84. The third kappa shape index (κ3) is 5.10. The first-order valence-electron chi connectivity index (χ1n) is 12.4. The molecule has 2 aromatic carbocycles. The van der Waals surface area contributed by atoms with Gasteiger partial charge in [-0.25, -0.2) is 4.79 Å². The molecule has 0 atom stereocenters. The smallest absolute Gasteiger partial charge is 0.337 e. The van der Waals surface area contributed by atoms with Crippen molar-refractivity contribution < 1.29 is 19.1 Å². The van der Waals surface area contributed by atoms with Gasteiger partial charge in [-0.05, 0) is 93.0 Å². The van der Waals surface area contributed by atoms with E-state index >= 15 is 0 Å². The van der Waals surface area contributed by atoms with Crippen molar-refractivity contribution in [2.75, 3.05) is 18.2 Å². The molecule has 4 bridgehead atoms. The fourth-order valence-electron chi connectivity index (χ4n) is 6.71. The van der Waals surface area contributed by atoms with E-state index in [1.165, 1.54) is 38.1 Å². The van der Waals surface area contributed by atoms with Crippen LogP contribution in [-0.2, 0) is 9.53 Å². The summed E-state index contributed by atoms with van der Waals surface area (Å²) < 4.78 is 4.79. The Balaban J connectivity index is 1.24. The molecule has 2 aromatic rings. The van der Waals surface area contributed by atoms with E-state index in [4.69, 9.17) is 4.74 Å². The molecule has 2 N–H and O–H groups in total. The van der Waals surface area contributed by atoms with Gasteiger partial charge in [0, 0.05) is 16.1 Å². The quantitative estimate of drug-likeness (QED) is 0.409. The van der Waals surface area contributed by atoms with Crippen LogP contribution in [0.5, 0.6) is 0 Å². The lowest BCUT2D eigenvalue weighted by molar-refractivity contribution is -0.124. The topological polar surface area (TPSA) is 84.5 Å². The van der Waals surface area contributed by atoms with Crippen LogP contribution in [-0.4, -0.2) is 36.2 Å². The molecule has 4 aliphatic rings. The standard InChI is InChI=1S/C28H32N2O4S/c1-17-7-8-21(27(33)34-2)12-23(17)29-26(32)22-5-3-4-6-24(22)35-16-25(31)30-28-13-18-9-19(14-28)11-20(10-18)15-28/h3-8,12,18-20H,9-11,13-16H2,1-2H3,(H,29,32)(H,30,31). The van der Waals surface area contributed by atoms with Crippen molar-refractivity contribution in [3.8, 4) is 0 Å². The van der Waals surface area contributed by atoms with Crippen LogP contribution >= 0.6 is 11.8 Å². The van der Waals surface area contributed by atoms with Crippen LogP contribution in [0.1, 0.15) is 64.8 Å². The van der Waals surface area contributed by atoms with Crippen molar-refractivity contribution in [1.82, 2.24) is 5.32 Å². The number of amides is 2. The van der Waals surface area contributed by atoms with Crippen molar-refractivity contribution in [2.45, 2.75) is 55.9 Å². The first-order chi connectivity index (χ1) is 16.8. The molecule has 0 aliphatic heterocycles. The van der Waals surface area contributed by atoms with Gasteiger partial charge in [-0.1, -0.05) is 18.2 Å². The predicted molar refractivity (Wildman–Crippen MR) is 137 cm³/mol. The number of hydrogen-bond donors (Lipinski definition) is 2. The van der Waals surface area contributed by atoms with Crippen molar-refractivity contribution in [3.63, 3.8) is 0 Å². The zero-order valence-electron chi connectivity index (χ0n) is 20.3. The SMILES string of the molecule is COC(=O)c1ccc(C)c(NC(=O)c2ccccc2SCC(=O)NC23CC4CC(CC(C4)C2)C3)c1. The summed E-state index contributed by atoms with van der Waals surface area (Å²) in [5.74, 6) is 1.93. The average Bonchev–Trinajstić information content (AvgIpc) is 2.82. The van der Waals surface area contributed by atoms with Gasteiger partial charge in [0.05, 0.1) is 24.0 Å². The molecule has 2 amide bonds. The molecule has 0 heterocycles. The second kappa shape index (κ2) is 9.69. The highest BCUT2D eigenvalue weighted by atomic mass is 32.2. The Kier molecular flexibility index (Phi) is 6.62. The van der Waals surface area contributed by atoms with Gasteiger partial charge in [0.2, 0.25) is 5.91 Å². The van der Waals surface area contributed by atoms with E-state index in [1.807, 2.05) is 25.1 Å². The molecule has 6 rings (SSSR count). The third-order valence-corrected chi connectivity index (χ3v) is 8.91. The highest BCUT2D eigenvalue weighted by Crippen LogP contribution is 2.55. The van der Waals surface area contributed by atoms with Gasteiger partial charge in [-0.2, -0.15) is 0 Å².